The number of H-pyrrole nitrogens is 1. The van der Waals surface area contributed by atoms with Gasteiger partial charge in [0.15, 0.2) is 0 Å². The monoisotopic (exact) mass is 450 g/mol. The number of carbonyl (C=O) groups excluding carboxylic acids is 1. The van der Waals surface area contributed by atoms with Crippen LogP contribution in [0.2, 0.25) is 0 Å². The number of hydrogen-bond donors (Lipinski definition) is 2. The second kappa shape index (κ2) is 8.90. The van der Waals surface area contributed by atoms with Crippen molar-refractivity contribution in [1.82, 2.24) is 25.2 Å². The van der Waals surface area contributed by atoms with Gasteiger partial charge in [-0.3, -0.25) is 14.5 Å². The number of aromatic nitrogens is 3. The van der Waals surface area contributed by atoms with Crippen molar-refractivity contribution in [2.24, 2.45) is 0 Å². The van der Waals surface area contributed by atoms with Crippen LogP contribution in [0.25, 0.3) is 10.9 Å². The fraction of sp³-hybridized carbons (Fsp3) is 0.417. The summed E-state index contributed by atoms with van der Waals surface area (Å²) in [7, 11) is 1.59. The minimum Gasteiger partial charge on any atom is -0.370 e. The normalized spacial score (nSPS) is 19.8. The summed E-state index contributed by atoms with van der Waals surface area (Å²) >= 11 is 0. The van der Waals surface area contributed by atoms with Gasteiger partial charge >= 0.3 is 0 Å². The standard InChI is InChI=1S/C24H27FN6O2/c1-26-24(33)20-6-5-17(13-27-20)30-11-8-16(9-12-30)31-10-7-15(14-31)22-28-21-18(23(32)29-22)3-2-4-19(21)25/h2-6,13,15-16H,7-12,14H2,1H3,(H,26,33)(H,28,29,32). The lowest BCUT2D eigenvalue weighted by Gasteiger charge is -2.37. The van der Waals surface area contributed by atoms with E-state index in [4.69, 9.17) is 0 Å². The maximum absolute atomic E-state index is 14.2. The Morgan fingerprint density at radius 3 is 2.70 bits per heavy atom. The molecule has 1 unspecified atom stereocenters. The van der Waals surface area contributed by atoms with Crippen molar-refractivity contribution in [2.45, 2.75) is 31.2 Å². The molecular weight excluding hydrogens is 423 g/mol. The number of nitrogens with zero attached hydrogens (tertiary/aromatic N) is 4. The molecule has 1 aromatic carbocycles. The molecule has 172 valence electrons. The quantitative estimate of drug-likeness (QED) is 0.633. The number of amides is 1. The maximum atomic E-state index is 14.2. The molecule has 0 saturated carbocycles. The number of carbonyl (C=O) groups is 1. The second-order valence-electron chi connectivity index (χ2n) is 8.77. The van der Waals surface area contributed by atoms with Gasteiger partial charge in [-0.2, -0.15) is 0 Å². The van der Waals surface area contributed by atoms with E-state index in [0.717, 1.165) is 51.1 Å². The third-order valence-electron chi connectivity index (χ3n) is 6.87. The van der Waals surface area contributed by atoms with Crippen LogP contribution in [0.3, 0.4) is 0 Å². The highest BCUT2D eigenvalue weighted by atomic mass is 19.1. The van der Waals surface area contributed by atoms with Crippen molar-refractivity contribution in [3.8, 4) is 0 Å². The Bertz CT molecular complexity index is 1220. The predicted molar refractivity (Wildman–Crippen MR) is 124 cm³/mol. The van der Waals surface area contributed by atoms with E-state index in [9.17, 15) is 14.0 Å². The molecule has 1 atom stereocenters. The first-order valence-corrected chi connectivity index (χ1v) is 11.4. The zero-order valence-corrected chi connectivity index (χ0v) is 18.6. The van der Waals surface area contributed by atoms with Crippen LogP contribution in [0, 0.1) is 5.82 Å². The second-order valence-corrected chi connectivity index (χ2v) is 8.77. The first kappa shape index (κ1) is 21.5. The third-order valence-corrected chi connectivity index (χ3v) is 6.87. The van der Waals surface area contributed by atoms with E-state index < -0.39 is 5.82 Å². The highest BCUT2D eigenvalue weighted by Crippen LogP contribution is 2.30. The largest absolute Gasteiger partial charge is 0.370 e. The first-order chi connectivity index (χ1) is 16.0. The van der Waals surface area contributed by atoms with Crippen molar-refractivity contribution in [3.63, 3.8) is 0 Å². The Morgan fingerprint density at radius 1 is 1.15 bits per heavy atom. The molecule has 0 spiro atoms. The number of pyridine rings is 1. The topological polar surface area (TPSA) is 94.2 Å². The molecule has 2 aliphatic rings. The van der Waals surface area contributed by atoms with Crippen molar-refractivity contribution < 1.29 is 9.18 Å². The fourth-order valence-corrected chi connectivity index (χ4v) is 5.00. The van der Waals surface area contributed by atoms with Crippen molar-refractivity contribution in [1.29, 1.82) is 0 Å². The van der Waals surface area contributed by atoms with Gasteiger partial charge in [0.05, 0.1) is 17.3 Å². The molecule has 4 heterocycles. The number of benzene rings is 1. The van der Waals surface area contributed by atoms with Crippen molar-refractivity contribution in [2.75, 3.05) is 38.1 Å². The summed E-state index contributed by atoms with van der Waals surface area (Å²) in [6, 6.07) is 8.65. The Hall–Kier alpha value is -3.33. The summed E-state index contributed by atoms with van der Waals surface area (Å²) in [5.74, 6) is 0.0368. The number of fused-ring (bicyclic) bond motifs is 1. The van der Waals surface area contributed by atoms with Gasteiger partial charge in [0.25, 0.3) is 11.5 Å². The molecule has 3 aromatic rings. The van der Waals surface area contributed by atoms with Gasteiger partial charge in [-0.05, 0) is 50.1 Å². The van der Waals surface area contributed by atoms with Crippen LogP contribution in [0.1, 0.15) is 41.5 Å². The van der Waals surface area contributed by atoms with Crippen LogP contribution in [0.5, 0.6) is 0 Å². The third kappa shape index (κ3) is 4.20. The number of halogens is 1. The van der Waals surface area contributed by atoms with Crippen LogP contribution in [-0.4, -0.2) is 65.0 Å². The van der Waals surface area contributed by atoms with Crippen LogP contribution < -0.4 is 15.8 Å². The minimum absolute atomic E-state index is 0.0983. The van der Waals surface area contributed by atoms with E-state index in [2.05, 4.69) is 30.1 Å². The summed E-state index contributed by atoms with van der Waals surface area (Å²) in [6.45, 7) is 3.60. The lowest BCUT2D eigenvalue weighted by atomic mass is 10.0. The van der Waals surface area contributed by atoms with E-state index in [1.165, 1.54) is 12.1 Å². The van der Waals surface area contributed by atoms with Gasteiger partial charge in [0.2, 0.25) is 0 Å². The molecule has 0 aliphatic carbocycles. The molecule has 1 amide bonds. The average Bonchev–Trinajstić information content (AvgIpc) is 3.35. The summed E-state index contributed by atoms with van der Waals surface area (Å²) in [6.07, 6.45) is 4.71. The van der Waals surface area contributed by atoms with Crippen molar-refractivity contribution in [3.05, 3.63) is 64.2 Å². The van der Waals surface area contributed by atoms with Gasteiger partial charge in [-0.1, -0.05) is 6.07 Å². The maximum Gasteiger partial charge on any atom is 0.269 e. The van der Waals surface area contributed by atoms with Crippen LogP contribution in [-0.2, 0) is 0 Å². The van der Waals surface area contributed by atoms with Gasteiger partial charge in [-0.15, -0.1) is 0 Å². The molecular formula is C24H27FN6O2. The predicted octanol–water partition coefficient (Wildman–Crippen LogP) is 2.28. The summed E-state index contributed by atoms with van der Waals surface area (Å²) in [5.41, 5.74) is 1.32. The number of nitrogens with one attached hydrogen (secondary N) is 2. The van der Waals surface area contributed by atoms with Crippen LogP contribution in [0.4, 0.5) is 10.1 Å². The van der Waals surface area contributed by atoms with Gasteiger partial charge in [-0.25, -0.2) is 14.4 Å². The number of rotatable bonds is 4. The fourth-order valence-electron chi connectivity index (χ4n) is 5.00. The van der Waals surface area contributed by atoms with Crippen LogP contribution >= 0.6 is 0 Å². The molecule has 2 saturated heterocycles. The minimum atomic E-state index is -0.458. The number of likely N-dealkylation sites (tertiary alicyclic amines) is 1. The Balaban J connectivity index is 1.22. The Morgan fingerprint density at radius 2 is 1.97 bits per heavy atom. The number of piperidine rings is 1. The highest BCUT2D eigenvalue weighted by Gasteiger charge is 2.32. The van der Waals surface area contributed by atoms with Gasteiger partial charge < -0.3 is 15.2 Å². The Labute approximate surface area is 190 Å². The molecule has 2 N–H and O–H groups in total. The van der Waals surface area contributed by atoms with Crippen molar-refractivity contribution >= 4 is 22.5 Å². The molecule has 2 fully saturated rings. The smallest absolute Gasteiger partial charge is 0.269 e. The zero-order valence-electron chi connectivity index (χ0n) is 18.6. The van der Waals surface area contributed by atoms with E-state index in [-0.39, 0.29) is 22.9 Å². The first-order valence-electron chi connectivity index (χ1n) is 11.4. The number of anilines is 1. The zero-order chi connectivity index (χ0) is 22.9. The SMILES string of the molecule is CNC(=O)c1ccc(N2CCC(N3CCC(c4nc5c(F)cccc5c(=O)[nH]4)C3)CC2)cn1. The summed E-state index contributed by atoms with van der Waals surface area (Å²) < 4.78 is 14.2. The van der Waals surface area contributed by atoms with E-state index in [1.54, 1.807) is 25.4 Å². The van der Waals surface area contributed by atoms with E-state index in [0.29, 0.717) is 22.9 Å². The molecule has 2 aliphatic heterocycles. The molecule has 8 nitrogen and oxygen atoms in total. The van der Waals surface area contributed by atoms with Gasteiger partial charge in [0.1, 0.15) is 22.9 Å². The summed E-state index contributed by atoms with van der Waals surface area (Å²) in [4.78, 5) is 40.5. The average molecular weight is 451 g/mol. The number of para-hydroxylation sites is 1. The molecule has 5 rings (SSSR count). The molecule has 33 heavy (non-hydrogen) atoms. The van der Waals surface area contributed by atoms with E-state index in [1.807, 2.05) is 6.07 Å². The molecule has 2 aromatic heterocycles. The number of aromatic amines is 1. The summed E-state index contributed by atoms with van der Waals surface area (Å²) in [5, 5.41) is 2.87. The van der Waals surface area contributed by atoms with Crippen LogP contribution in [0.15, 0.2) is 41.3 Å². The molecule has 9 heteroatoms. The van der Waals surface area contributed by atoms with Gasteiger partial charge in [0, 0.05) is 38.6 Å². The lowest BCUT2D eigenvalue weighted by Crippen LogP contribution is -2.44. The Kier molecular flexibility index (Phi) is 5.80. The highest BCUT2D eigenvalue weighted by molar-refractivity contribution is 5.92. The van der Waals surface area contributed by atoms with E-state index >= 15 is 0 Å². The number of hydrogen-bond acceptors (Lipinski definition) is 6. The lowest BCUT2D eigenvalue weighted by molar-refractivity contribution is 0.0958. The molecule has 0 bridgehead atoms. The molecule has 0 radical (unpaired) electrons.